The van der Waals surface area contributed by atoms with E-state index in [2.05, 4.69) is 28.2 Å². The number of pyridine rings is 1. The highest BCUT2D eigenvalue weighted by molar-refractivity contribution is 5.61. The summed E-state index contributed by atoms with van der Waals surface area (Å²) in [5, 5.41) is 14.8. The van der Waals surface area contributed by atoms with E-state index in [0.29, 0.717) is 5.92 Å². The highest BCUT2D eigenvalue weighted by atomic mass is 16.3. The molecule has 0 radical (unpaired) electrons. The summed E-state index contributed by atoms with van der Waals surface area (Å²) in [6.45, 7) is 1.77. The molecular weight excluding hydrogens is 288 g/mol. The van der Waals surface area contributed by atoms with Gasteiger partial charge < -0.3 is 10.0 Å². The molecule has 1 saturated carbocycles. The summed E-state index contributed by atoms with van der Waals surface area (Å²) < 4.78 is 1.86. The van der Waals surface area contributed by atoms with Crippen LogP contribution in [0.4, 0.5) is 0 Å². The van der Waals surface area contributed by atoms with Crippen LogP contribution in [-0.4, -0.2) is 44.5 Å². The lowest BCUT2D eigenvalue weighted by Gasteiger charge is -2.31. The SMILES string of the molecule is CN(Cc1cn(C)nc1-c1cccnc1)CC1CCCCC1O. The van der Waals surface area contributed by atoms with Gasteiger partial charge in [0.1, 0.15) is 0 Å². The third kappa shape index (κ3) is 3.98. The molecule has 2 aromatic rings. The Hall–Kier alpha value is -1.72. The molecule has 1 fully saturated rings. The third-order valence-electron chi connectivity index (χ3n) is 4.69. The second-order valence-corrected chi connectivity index (χ2v) is 6.73. The van der Waals surface area contributed by atoms with E-state index in [0.717, 1.165) is 43.6 Å². The zero-order valence-electron chi connectivity index (χ0n) is 14.0. The van der Waals surface area contributed by atoms with Gasteiger partial charge in [0.2, 0.25) is 0 Å². The third-order valence-corrected chi connectivity index (χ3v) is 4.69. The lowest BCUT2D eigenvalue weighted by molar-refractivity contribution is 0.0502. The predicted molar refractivity (Wildman–Crippen MR) is 90.7 cm³/mol. The summed E-state index contributed by atoms with van der Waals surface area (Å²) in [5.74, 6) is 0.396. The van der Waals surface area contributed by atoms with Crippen molar-refractivity contribution in [2.24, 2.45) is 13.0 Å². The summed E-state index contributed by atoms with van der Waals surface area (Å²) in [5.41, 5.74) is 3.25. The van der Waals surface area contributed by atoms with Crippen LogP contribution in [0.2, 0.25) is 0 Å². The normalized spacial score (nSPS) is 21.7. The monoisotopic (exact) mass is 314 g/mol. The van der Waals surface area contributed by atoms with Crippen LogP contribution in [0.25, 0.3) is 11.3 Å². The number of hydrogen-bond acceptors (Lipinski definition) is 4. The van der Waals surface area contributed by atoms with Crippen LogP contribution in [-0.2, 0) is 13.6 Å². The number of aromatic nitrogens is 3. The molecule has 2 unspecified atom stereocenters. The first-order valence-corrected chi connectivity index (χ1v) is 8.43. The van der Waals surface area contributed by atoms with Crippen LogP contribution >= 0.6 is 0 Å². The molecule has 5 heteroatoms. The molecule has 2 aromatic heterocycles. The van der Waals surface area contributed by atoms with Gasteiger partial charge in [-0.2, -0.15) is 5.10 Å². The minimum Gasteiger partial charge on any atom is -0.393 e. The molecular formula is C18H26N4O. The van der Waals surface area contributed by atoms with E-state index in [9.17, 15) is 5.11 Å². The maximum atomic E-state index is 10.2. The largest absolute Gasteiger partial charge is 0.393 e. The minimum absolute atomic E-state index is 0.141. The first-order valence-electron chi connectivity index (χ1n) is 8.43. The molecule has 0 bridgehead atoms. The van der Waals surface area contributed by atoms with Crippen molar-refractivity contribution < 1.29 is 5.11 Å². The predicted octanol–water partition coefficient (Wildman–Crippen LogP) is 2.47. The van der Waals surface area contributed by atoms with Gasteiger partial charge in [0, 0.05) is 49.9 Å². The van der Waals surface area contributed by atoms with Gasteiger partial charge in [-0.1, -0.05) is 12.8 Å². The van der Waals surface area contributed by atoms with Gasteiger partial charge in [0.05, 0.1) is 11.8 Å². The molecule has 2 heterocycles. The quantitative estimate of drug-likeness (QED) is 0.921. The van der Waals surface area contributed by atoms with Crippen molar-refractivity contribution >= 4 is 0 Å². The first-order chi connectivity index (χ1) is 11.1. The molecule has 23 heavy (non-hydrogen) atoms. The van der Waals surface area contributed by atoms with E-state index in [-0.39, 0.29) is 6.10 Å². The summed E-state index contributed by atoms with van der Waals surface area (Å²) in [6.07, 6.45) is 10.1. The maximum Gasteiger partial charge on any atom is 0.0983 e. The number of nitrogens with zero attached hydrogens (tertiary/aromatic N) is 4. The summed E-state index contributed by atoms with van der Waals surface area (Å²) >= 11 is 0. The van der Waals surface area contributed by atoms with Crippen molar-refractivity contribution in [1.82, 2.24) is 19.7 Å². The Bertz CT molecular complexity index is 625. The summed E-state index contributed by atoms with van der Waals surface area (Å²) in [6, 6.07) is 3.99. The van der Waals surface area contributed by atoms with E-state index in [1.165, 1.54) is 12.0 Å². The Kier molecular flexibility index (Phi) is 5.08. The number of aliphatic hydroxyl groups is 1. The summed E-state index contributed by atoms with van der Waals surface area (Å²) in [7, 11) is 4.08. The van der Waals surface area contributed by atoms with E-state index >= 15 is 0 Å². The van der Waals surface area contributed by atoms with Crippen molar-refractivity contribution in [2.45, 2.75) is 38.3 Å². The molecule has 1 aliphatic carbocycles. The Labute approximate surface area is 138 Å². The van der Waals surface area contributed by atoms with E-state index in [4.69, 9.17) is 0 Å². The number of rotatable bonds is 5. The summed E-state index contributed by atoms with van der Waals surface area (Å²) in [4.78, 5) is 6.50. The highest BCUT2D eigenvalue weighted by Gasteiger charge is 2.24. The van der Waals surface area contributed by atoms with Crippen molar-refractivity contribution in [3.63, 3.8) is 0 Å². The molecule has 0 aliphatic heterocycles. The van der Waals surface area contributed by atoms with Gasteiger partial charge in [0.15, 0.2) is 0 Å². The van der Waals surface area contributed by atoms with E-state index in [1.54, 1.807) is 6.20 Å². The van der Waals surface area contributed by atoms with Gasteiger partial charge in [-0.3, -0.25) is 9.67 Å². The van der Waals surface area contributed by atoms with Gasteiger partial charge in [0.25, 0.3) is 0 Å². The lowest BCUT2D eigenvalue weighted by Crippen LogP contribution is -2.34. The lowest BCUT2D eigenvalue weighted by atomic mass is 9.86. The fourth-order valence-electron chi connectivity index (χ4n) is 3.56. The zero-order chi connectivity index (χ0) is 16.2. The molecule has 124 valence electrons. The van der Waals surface area contributed by atoms with Crippen LogP contribution in [0.3, 0.4) is 0 Å². The van der Waals surface area contributed by atoms with Crippen LogP contribution in [0, 0.1) is 5.92 Å². The van der Waals surface area contributed by atoms with Crippen LogP contribution in [0.5, 0.6) is 0 Å². The standard InChI is InChI=1S/C18H26N4O/c1-21(11-15-6-3-4-8-17(15)23)12-16-13-22(2)20-18(16)14-7-5-9-19-10-14/h5,7,9-10,13,15,17,23H,3-4,6,8,11-12H2,1-2H3. The topological polar surface area (TPSA) is 54.2 Å². The van der Waals surface area contributed by atoms with E-state index < -0.39 is 0 Å². The van der Waals surface area contributed by atoms with E-state index in [1.807, 2.05) is 30.1 Å². The van der Waals surface area contributed by atoms with Gasteiger partial charge in [-0.05, 0) is 37.9 Å². The smallest absolute Gasteiger partial charge is 0.0983 e. The van der Waals surface area contributed by atoms with Crippen molar-refractivity contribution in [3.8, 4) is 11.3 Å². The van der Waals surface area contributed by atoms with Crippen molar-refractivity contribution in [3.05, 3.63) is 36.3 Å². The number of aryl methyl sites for hydroxylation is 1. The Balaban J connectivity index is 1.70. The Morgan fingerprint density at radius 1 is 1.35 bits per heavy atom. The molecule has 0 amide bonds. The zero-order valence-corrected chi connectivity index (χ0v) is 14.0. The molecule has 2 atom stereocenters. The molecule has 0 aromatic carbocycles. The Morgan fingerprint density at radius 3 is 2.91 bits per heavy atom. The second kappa shape index (κ2) is 7.23. The van der Waals surface area contributed by atoms with Gasteiger partial charge in [-0.25, -0.2) is 0 Å². The number of aliphatic hydroxyl groups excluding tert-OH is 1. The van der Waals surface area contributed by atoms with Crippen LogP contribution in [0.1, 0.15) is 31.2 Å². The molecule has 5 nitrogen and oxygen atoms in total. The van der Waals surface area contributed by atoms with Gasteiger partial charge in [-0.15, -0.1) is 0 Å². The highest BCUT2D eigenvalue weighted by Crippen LogP contribution is 2.26. The first kappa shape index (κ1) is 16.1. The maximum absolute atomic E-state index is 10.2. The Morgan fingerprint density at radius 2 is 2.17 bits per heavy atom. The molecule has 0 spiro atoms. The fraction of sp³-hybridized carbons (Fsp3) is 0.556. The number of hydrogen-bond donors (Lipinski definition) is 1. The average Bonchev–Trinajstić information content (AvgIpc) is 2.91. The minimum atomic E-state index is -0.141. The molecule has 1 N–H and O–H groups in total. The van der Waals surface area contributed by atoms with Crippen molar-refractivity contribution in [1.29, 1.82) is 0 Å². The molecule has 1 aliphatic rings. The fourth-order valence-corrected chi connectivity index (χ4v) is 3.56. The van der Waals surface area contributed by atoms with Gasteiger partial charge >= 0.3 is 0 Å². The molecule has 3 rings (SSSR count). The molecule has 0 saturated heterocycles. The average molecular weight is 314 g/mol. The van der Waals surface area contributed by atoms with Crippen LogP contribution in [0.15, 0.2) is 30.7 Å². The second-order valence-electron chi connectivity index (χ2n) is 6.73. The van der Waals surface area contributed by atoms with Crippen molar-refractivity contribution in [2.75, 3.05) is 13.6 Å². The van der Waals surface area contributed by atoms with Crippen LogP contribution < -0.4 is 0 Å².